The zero-order valence-corrected chi connectivity index (χ0v) is 8.95. The molecule has 2 heterocycles. The van der Waals surface area contributed by atoms with Gasteiger partial charge in [0.05, 0.1) is 10.3 Å². The van der Waals surface area contributed by atoms with E-state index in [1.54, 1.807) is 18.3 Å². The molecule has 0 fully saturated rings. The van der Waals surface area contributed by atoms with Gasteiger partial charge in [0, 0.05) is 6.21 Å². The Kier molecular flexibility index (Phi) is 1.43. The van der Waals surface area contributed by atoms with E-state index in [2.05, 4.69) is 10.5 Å². The third-order valence-corrected chi connectivity index (χ3v) is 5.34. The van der Waals surface area contributed by atoms with Crippen molar-refractivity contribution in [2.75, 3.05) is 0 Å². The zero-order chi connectivity index (χ0) is 10.7. The van der Waals surface area contributed by atoms with Gasteiger partial charge in [0.15, 0.2) is 5.37 Å². The van der Waals surface area contributed by atoms with Crippen LogP contribution in [0.2, 0.25) is 0 Å². The molecule has 0 bridgehead atoms. The van der Waals surface area contributed by atoms with Crippen molar-refractivity contribution in [3.8, 4) is 0 Å². The van der Waals surface area contributed by atoms with Crippen LogP contribution in [0, 0.1) is 0 Å². The summed E-state index contributed by atoms with van der Waals surface area (Å²) in [6.07, 6.45) is 1.68. The first-order valence-electron chi connectivity index (χ1n) is 4.70. The van der Waals surface area contributed by atoms with E-state index in [4.69, 9.17) is 0 Å². The summed E-state index contributed by atoms with van der Waals surface area (Å²) in [6, 6.07) is 7.11. The lowest BCUT2D eigenvalue weighted by Gasteiger charge is -2.19. The van der Waals surface area contributed by atoms with Crippen LogP contribution in [-0.4, -0.2) is 20.0 Å². The van der Waals surface area contributed by atoms with Gasteiger partial charge >= 0.3 is 0 Å². The van der Waals surface area contributed by atoms with Crippen LogP contribution < -0.4 is 5.43 Å². The highest BCUT2D eigenvalue weighted by Crippen LogP contribution is 2.44. The van der Waals surface area contributed by atoms with E-state index in [0.29, 0.717) is 4.90 Å². The van der Waals surface area contributed by atoms with Gasteiger partial charge < -0.3 is 0 Å². The molecule has 1 aromatic rings. The molecular weight excluding hydrogens is 212 g/mol. The molecule has 1 N–H and O–H groups in total. The second-order valence-corrected chi connectivity index (χ2v) is 6.09. The van der Waals surface area contributed by atoms with E-state index in [1.165, 1.54) is 0 Å². The predicted octanol–water partition coefficient (Wildman–Crippen LogP) is 0.647. The summed E-state index contributed by atoms with van der Waals surface area (Å²) in [6.45, 7) is 1.89. The molecule has 78 valence electrons. The molecule has 3 rings (SSSR count). The summed E-state index contributed by atoms with van der Waals surface area (Å²) >= 11 is 0. The van der Waals surface area contributed by atoms with Crippen molar-refractivity contribution in [3.63, 3.8) is 0 Å². The average Bonchev–Trinajstić information content (AvgIpc) is 2.68. The monoisotopic (exact) mass is 222 g/mol. The summed E-state index contributed by atoms with van der Waals surface area (Å²) < 4.78 is 24.3. The largest absolute Gasteiger partial charge is 0.290 e. The van der Waals surface area contributed by atoms with Crippen LogP contribution in [-0.2, 0) is 15.3 Å². The molecule has 0 amide bonds. The van der Waals surface area contributed by atoms with Gasteiger partial charge in [-0.3, -0.25) is 5.43 Å². The van der Waals surface area contributed by atoms with Crippen molar-refractivity contribution in [2.45, 2.75) is 22.6 Å². The van der Waals surface area contributed by atoms with E-state index in [9.17, 15) is 8.42 Å². The molecule has 2 atom stereocenters. The van der Waals surface area contributed by atoms with Gasteiger partial charge in [0.25, 0.3) is 0 Å². The fourth-order valence-corrected chi connectivity index (χ4v) is 4.48. The number of fused-ring (bicyclic) bond motifs is 3. The summed E-state index contributed by atoms with van der Waals surface area (Å²) in [5.41, 5.74) is 3.00. The van der Waals surface area contributed by atoms with Crippen molar-refractivity contribution < 1.29 is 8.42 Å². The second kappa shape index (κ2) is 2.41. The van der Waals surface area contributed by atoms with Gasteiger partial charge in [0.1, 0.15) is 0 Å². The molecule has 0 spiro atoms. The van der Waals surface area contributed by atoms with Crippen molar-refractivity contribution in [1.29, 1.82) is 0 Å². The maximum atomic E-state index is 12.1. The Morgan fingerprint density at radius 2 is 2.13 bits per heavy atom. The smallest absolute Gasteiger partial charge is 0.202 e. The number of nitrogens with one attached hydrogen (secondary N) is 1. The first-order valence-corrected chi connectivity index (χ1v) is 6.24. The third kappa shape index (κ3) is 0.866. The molecule has 2 aliphatic rings. The van der Waals surface area contributed by atoms with E-state index >= 15 is 0 Å². The van der Waals surface area contributed by atoms with Crippen LogP contribution in [0.15, 0.2) is 34.3 Å². The normalized spacial score (nSPS) is 34.6. The molecule has 2 unspecified atom stereocenters. The van der Waals surface area contributed by atoms with Crippen LogP contribution >= 0.6 is 0 Å². The highest BCUT2D eigenvalue weighted by molar-refractivity contribution is 7.92. The van der Waals surface area contributed by atoms with Gasteiger partial charge in [-0.25, -0.2) is 8.42 Å². The van der Waals surface area contributed by atoms with Crippen molar-refractivity contribution in [3.05, 3.63) is 29.8 Å². The number of sulfone groups is 1. The Hall–Kier alpha value is -1.36. The van der Waals surface area contributed by atoms with Crippen LogP contribution in [0.5, 0.6) is 0 Å². The Bertz CT molecular complexity index is 565. The minimum atomic E-state index is -3.28. The highest BCUT2D eigenvalue weighted by Gasteiger charge is 2.54. The molecule has 0 saturated carbocycles. The van der Waals surface area contributed by atoms with E-state index in [1.807, 2.05) is 19.1 Å². The maximum Gasteiger partial charge on any atom is 0.202 e. The molecular formula is C10H10N2O2S. The molecule has 1 aromatic carbocycles. The number of hydrogen-bond acceptors (Lipinski definition) is 4. The Labute approximate surface area is 87.9 Å². The summed E-state index contributed by atoms with van der Waals surface area (Å²) in [7, 11) is -3.28. The lowest BCUT2D eigenvalue weighted by Crippen LogP contribution is -2.39. The molecule has 0 aliphatic carbocycles. The third-order valence-electron chi connectivity index (χ3n) is 3.15. The number of hydrogen-bond donors (Lipinski definition) is 1. The SMILES string of the molecule is CC12C=NNC1S(=O)(=O)c1ccccc12. The van der Waals surface area contributed by atoms with Gasteiger partial charge in [0.2, 0.25) is 9.84 Å². The Balaban J connectivity index is 2.41. The molecule has 0 radical (unpaired) electrons. The lowest BCUT2D eigenvalue weighted by atomic mass is 9.84. The van der Waals surface area contributed by atoms with Crippen molar-refractivity contribution >= 4 is 16.1 Å². The van der Waals surface area contributed by atoms with Crippen LogP contribution in [0.1, 0.15) is 12.5 Å². The summed E-state index contributed by atoms with van der Waals surface area (Å²) in [5.74, 6) is 0. The first-order chi connectivity index (χ1) is 7.07. The zero-order valence-electron chi connectivity index (χ0n) is 8.14. The molecule has 15 heavy (non-hydrogen) atoms. The second-order valence-electron chi connectivity index (χ2n) is 4.09. The minimum Gasteiger partial charge on any atom is -0.290 e. The molecule has 0 saturated heterocycles. The summed E-state index contributed by atoms with van der Waals surface area (Å²) in [4.78, 5) is 0.427. The number of nitrogens with zero attached hydrogens (tertiary/aromatic N) is 1. The quantitative estimate of drug-likeness (QED) is 0.701. The van der Waals surface area contributed by atoms with Gasteiger partial charge in [-0.2, -0.15) is 5.10 Å². The molecule has 0 aromatic heterocycles. The van der Waals surface area contributed by atoms with E-state index < -0.39 is 20.6 Å². The molecule has 5 heteroatoms. The lowest BCUT2D eigenvalue weighted by molar-refractivity contribution is 0.533. The number of benzene rings is 1. The predicted molar refractivity (Wildman–Crippen MR) is 56.4 cm³/mol. The van der Waals surface area contributed by atoms with Crippen LogP contribution in [0.4, 0.5) is 0 Å². The Morgan fingerprint density at radius 1 is 1.40 bits per heavy atom. The van der Waals surface area contributed by atoms with Crippen LogP contribution in [0.3, 0.4) is 0 Å². The topological polar surface area (TPSA) is 58.5 Å². The van der Waals surface area contributed by atoms with Crippen LogP contribution in [0.25, 0.3) is 0 Å². The highest BCUT2D eigenvalue weighted by atomic mass is 32.2. The fraction of sp³-hybridized carbons (Fsp3) is 0.300. The Morgan fingerprint density at radius 3 is 2.93 bits per heavy atom. The maximum absolute atomic E-state index is 12.1. The van der Waals surface area contributed by atoms with E-state index in [-0.39, 0.29) is 0 Å². The van der Waals surface area contributed by atoms with Gasteiger partial charge in [-0.15, -0.1) is 0 Å². The standard InChI is InChI=1S/C10H10N2O2S/c1-10-6-11-12-9(10)15(13,14)8-5-3-2-4-7(8)10/h2-6,9,12H,1H3. The average molecular weight is 222 g/mol. The minimum absolute atomic E-state index is 0.427. The van der Waals surface area contributed by atoms with Crippen molar-refractivity contribution in [2.24, 2.45) is 5.10 Å². The number of rotatable bonds is 0. The first kappa shape index (κ1) is 8.91. The number of hydrazone groups is 1. The van der Waals surface area contributed by atoms with Gasteiger partial charge in [-0.1, -0.05) is 18.2 Å². The van der Waals surface area contributed by atoms with Crippen molar-refractivity contribution in [1.82, 2.24) is 5.43 Å². The molecule has 4 nitrogen and oxygen atoms in total. The molecule has 2 aliphatic heterocycles. The fourth-order valence-electron chi connectivity index (χ4n) is 2.33. The summed E-state index contributed by atoms with van der Waals surface area (Å²) in [5, 5.41) is 3.24. The van der Waals surface area contributed by atoms with E-state index in [0.717, 1.165) is 5.56 Å². The van der Waals surface area contributed by atoms with Gasteiger partial charge in [-0.05, 0) is 18.6 Å².